The normalized spacial score (nSPS) is 10.4. The summed E-state index contributed by atoms with van der Waals surface area (Å²) >= 11 is 1.44. The van der Waals surface area contributed by atoms with Crippen LogP contribution in [0.2, 0.25) is 0 Å². The number of hydrogen-bond donors (Lipinski definition) is 2. The largest absolute Gasteiger partial charge is 0.508 e. The second-order valence-corrected chi connectivity index (χ2v) is 4.87. The lowest BCUT2D eigenvalue weighted by Gasteiger charge is -2.05. The van der Waals surface area contributed by atoms with Crippen molar-refractivity contribution in [2.24, 2.45) is 0 Å². The molecule has 0 radical (unpaired) electrons. The molecule has 0 spiro atoms. The molecule has 2 N–H and O–H groups in total. The van der Waals surface area contributed by atoms with Crippen molar-refractivity contribution < 1.29 is 10.2 Å². The highest BCUT2D eigenvalue weighted by Gasteiger charge is 2.04. The Labute approximate surface area is 105 Å². The maximum atomic E-state index is 9.67. The minimum atomic E-state index is 0.162. The number of hydrogen-bond acceptors (Lipinski definition) is 3. The summed E-state index contributed by atoms with van der Waals surface area (Å²) < 4.78 is 0. The fourth-order valence-electron chi connectivity index (χ4n) is 1.50. The molecular weight excluding hydrogens is 232 g/mol. The van der Waals surface area contributed by atoms with Gasteiger partial charge in [-0.2, -0.15) is 0 Å². The lowest BCUT2D eigenvalue weighted by Crippen LogP contribution is -1.80. The molecule has 0 saturated carbocycles. The average Bonchev–Trinajstić information content (AvgIpc) is 2.35. The van der Waals surface area contributed by atoms with E-state index in [2.05, 4.69) is 19.1 Å². The van der Waals surface area contributed by atoms with Crippen LogP contribution in [-0.4, -0.2) is 10.2 Å². The van der Waals surface area contributed by atoms with Crippen molar-refractivity contribution in [2.45, 2.75) is 23.1 Å². The Hall–Kier alpha value is -1.61. The van der Waals surface area contributed by atoms with Gasteiger partial charge >= 0.3 is 0 Å². The van der Waals surface area contributed by atoms with Crippen LogP contribution in [0.15, 0.2) is 52.3 Å². The molecule has 0 saturated heterocycles. The maximum absolute atomic E-state index is 9.67. The van der Waals surface area contributed by atoms with E-state index in [4.69, 9.17) is 0 Å². The first-order valence-corrected chi connectivity index (χ1v) is 6.29. The molecule has 2 aromatic carbocycles. The zero-order valence-electron chi connectivity index (χ0n) is 9.55. The fraction of sp³-hybridized carbons (Fsp3) is 0.143. The number of phenolic OH excluding ortho intramolecular Hbond substituents is 2. The third kappa shape index (κ3) is 2.94. The molecule has 88 valence electrons. The molecule has 2 nitrogen and oxygen atoms in total. The van der Waals surface area contributed by atoms with Crippen LogP contribution in [0.1, 0.15) is 12.5 Å². The number of benzene rings is 2. The molecule has 0 aliphatic heterocycles. The Kier molecular flexibility index (Phi) is 3.59. The van der Waals surface area contributed by atoms with E-state index in [9.17, 15) is 10.2 Å². The second kappa shape index (κ2) is 5.15. The van der Waals surface area contributed by atoms with Crippen molar-refractivity contribution in [2.75, 3.05) is 0 Å². The van der Waals surface area contributed by atoms with E-state index in [1.165, 1.54) is 29.5 Å². The van der Waals surface area contributed by atoms with Crippen molar-refractivity contribution in [3.8, 4) is 11.5 Å². The van der Waals surface area contributed by atoms with Crippen LogP contribution in [0.25, 0.3) is 0 Å². The van der Waals surface area contributed by atoms with Gasteiger partial charge < -0.3 is 10.2 Å². The van der Waals surface area contributed by atoms with Gasteiger partial charge in [-0.15, -0.1) is 0 Å². The zero-order chi connectivity index (χ0) is 12.3. The van der Waals surface area contributed by atoms with E-state index in [0.717, 1.165) is 11.3 Å². The molecule has 0 bridgehead atoms. The molecule has 0 amide bonds. The molecule has 17 heavy (non-hydrogen) atoms. The molecule has 0 heterocycles. The number of phenols is 2. The molecule has 0 fully saturated rings. The SMILES string of the molecule is CCc1ccc(Sc2cc(O)ccc2O)cc1. The predicted octanol–water partition coefficient (Wildman–Crippen LogP) is 3.81. The van der Waals surface area contributed by atoms with Crippen molar-refractivity contribution in [3.05, 3.63) is 48.0 Å². The summed E-state index contributed by atoms with van der Waals surface area (Å²) in [5.41, 5.74) is 1.29. The minimum absolute atomic E-state index is 0.162. The zero-order valence-corrected chi connectivity index (χ0v) is 10.4. The molecule has 0 atom stereocenters. The van der Waals surface area contributed by atoms with Crippen LogP contribution in [0.5, 0.6) is 11.5 Å². The Morgan fingerprint density at radius 1 is 1.00 bits per heavy atom. The summed E-state index contributed by atoms with van der Waals surface area (Å²) in [6.07, 6.45) is 1.02. The summed E-state index contributed by atoms with van der Waals surface area (Å²) in [6, 6.07) is 12.7. The molecule has 3 heteroatoms. The lowest BCUT2D eigenvalue weighted by atomic mass is 10.2. The van der Waals surface area contributed by atoms with E-state index < -0.39 is 0 Å². The van der Waals surface area contributed by atoms with Gasteiger partial charge in [0, 0.05) is 4.90 Å². The molecular formula is C14H14O2S. The quantitative estimate of drug-likeness (QED) is 0.809. The van der Waals surface area contributed by atoms with Gasteiger partial charge in [0.2, 0.25) is 0 Å². The van der Waals surface area contributed by atoms with Gasteiger partial charge in [0.25, 0.3) is 0 Å². The first kappa shape index (κ1) is 11.9. The maximum Gasteiger partial charge on any atom is 0.129 e. The number of rotatable bonds is 3. The smallest absolute Gasteiger partial charge is 0.129 e. The van der Waals surface area contributed by atoms with E-state index in [-0.39, 0.29) is 11.5 Å². The topological polar surface area (TPSA) is 40.5 Å². The van der Waals surface area contributed by atoms with Crippen LogP contribution in [0.4, 0.5) is 0 Å². The third-order valence-corrected chi connectivity index (χ3v) is 3.56. The third-order valence-electron chi connectivity index (χ3n) is 2.50. The molecule has 2 rings (SSSR count). The molecule has 0 unspecified atom stereocenters. The summed E-state index contributed by atoms with van der Waals surface area (Å²) in [5.74, 6) is 0.350. The van der Waals surface area contributed by atoms with Gasteiger partial charge in [-0.1, -0.05) is 30.8 Å². The van der Waals surface area contributed by atoms with Gasteiger partial charge in [0.15, 0.2) is 0 Å². The van der Waals surface area contributed by atoms with E-state index >= 15 is 0 Å². The first-order valence-electron chi connectivity index (χ1n) is 5.48. The molecule has 0 aromatic heterocycles. The van der Waals surface area contributed by atoms with Crippen LogP contribution in [0.3, 0.4) is 0 Å². The van der Waals surface area contributed by atoms with Crippen molar-refractivity contribution in [1.29, 1.82) is 0 Å². The highest BCUT2D eigenvalue weighted by molar-refractivity contribution is 7.99. The number of aryl methyl sites for hydroxylation is 1. The summed E-state index contributed by atoms with van der Waals surface area (Å²) in [4.78, 5) is 1.71. The van der Waals surface area contributed by atoms with Crippen LogP contribution >= 0.6 is 11.8 Å². The first-order chi connectivity index (χ1) is 8.19. The lowest BCUT2D eigenvalue weighted by molar-refractivity contribution is 0.448. The van der Waals surface area contributed by atoms with Gasteiger partial charge in [-0.05, 0) is 42.3 Å². The molecule has 2 aromatic rings. The van der Waals surface area contributed by atoms with E-state index in [0.29, 0.717) is 4.90 Å². The molecule has 0 aliphatic rings. The van der Waals surface area contributed by atoms with Crippen molar-refractivity contribution in [1.82, 2.24) is 0 Å². The van der Waals surface area contributed by atoms with Crippen LogP contribution in [0, 0.1) is 0 Å². The van der Waals surface area contributed by atoms with Crippen molar-refractivity contribution in [3.63, 3.8) is 0 Å². The summed E-state index contributed by atoms with van der Waals surface area (Å²) in [5, 5.41) is 19.0. The van der Waals surface area contributed by atoms with Gasteiger partial charge in [0.1, 0.15) is 11.5 Å². The number of aromatic hydroxyl groups is 2. The predicted molar refractivity (Wildman–Crippen MR) is 69.7 cm³/mol. The highest BCUT2D eigenvalue weighted by Crippen LogP contribution is 2.36. The van der Waals surface area contributed by atoms with Gasteiger partial charge in [-0.25, -0.2) is 0 Å². The fourth-order valence-corrected chi connectivity index (χ4v) is 2.38. The summed E-state index contributed by atoms with van der Waals surface area (Å²) in [6.45, 7) is 2.11. The van der Waals surface area contributed by atoms with Crippen LogP contribution in [-0.2, 0) is 6.42 Å². The highest BCUT2D eigenvalue weighted by atomic mass is 32.2. The Bertz CT molecular complexity index is 506. The van der Waals surface area contributed by atoms with Gasteiger partial charge in [-0.3, -0.25) is 0 Å². The summed E-state index contributed by atoms with van der Waals surface area (Å²) in [7, 11) is 0. The van der Waals surface area contributed by atoms with Crippen molar-refractivity contribution >= 4 is 11.8 Å². The second-order valence-electron chi connectivity index (χ2n) is 3.75. The molecule has 0 aliphatic carbocycles. The average molecular weight is 246 g/mol. The minimum Gasteiger partial charge on any atom is -0.508 e. The Balaban J connectivity index is 2.22. The Morgan fingerprint density at radius 2 is 1.71 bits per heavy atom. The van der Waals surface area contributed by atoms with E-state index in [1.807, 2.05) is 12.1 Å². The standard InChI is InChI=1S/C14H14O2S/c1-2-10-3-6-12(7-4-10)17-14-9-11(15)5-8-13(14)16/h3-9,15-16H,2H2,1H3. The van der Waals surface area contributed by atoms with Gasteiger partial charge in [0.05, 0.1) is 4.90 Å². The van der Waals surface area contributed by atoms with E-state index in [1.54, 1.807) is 6.07 Å². The Morgan fingerprint density at radius 3 is 2.35 bits per heavy atom. The monoisotopic (exact) mass is 246 g/mol. The van der Waals surface area contributed by atoms with Crippen LogP contribution < -0.4 is 0 Å².